The normalized spacial score (nSPS) is 19.9. The SMILES string of the molecule is CCCOc1cccnc1NC1CCCOC1. The average molecular weight is 236 g/mol. The molecule has 1 aromatic heterocycles. The van der Waals surface area contributed by atoms with Gasteiger partial charge in [0.2, 0.25) is 0 Å². The Labute approximate surface area is 102 Å². The maximum absolute atomic E-state index is 5.66. The monoisotopic (exact) mass is 236 g/mol. The molecule has 1 unspecified atom stereocenters. The summed E-state index contributed by atoms with van der Waals surface area (Å²) in [4.78, 5) is 4.33. The molecule has 0 amide bonds. The molecule has 4 nitrogen and oxygen atoms in total. The van der Waals surface area contributed by atoms with Crippen LogP contribution in [-0.4, -0.2) is 30.8 Å². The zero-order valence-corrected chi connectivity index (χ0v) is 10.3. The fourth-order valence-electron chi connectivity index (χ4n) is 1.88. The third-order valence-corrected chi connectivity index (χ3v) is 2.73. The first-order valence-corrected chi connectivity index (χ1v) is 6.32. The molecule has 1 aliphatic rings. The number of rotatable bonds is 5. The number of hydrogen-bond acceptors (Lipinski definition) is 4. The second-order valence-corrected chi connectivity index (χ2v) is 4.26. The molecule has 1 fully saturated rings. The molecule has 2 heterocycles. The largest absolute Gasteiger partial charge is 0.490 e. The Morgan fingerprint density at radius 2 is 2.53 bits per heavy atom. The minimum Gasteiger partial charge on any atom is -0.490 e. The third kappa shape index (κ3) is 3.60. The van der Waals surface area contributed by atoms with Crippen molar-refractivity contribution in [2.24, 2.45) is 0 Å². The average Bonchev–Trinajstić information content (AvgIpc) is 2.39. The highest BCUT2D eigenvalue weighted by atomic mass is 16.5. The van der Waals surface area contributed by atoms with Crippen molar-refractivity contribution in [2.75, 3.05) is 25.1 Å². The summed E-state index contributed by atoms with van der Waals surface area (Å²) < 4.78 is 11.1. The lowest BCUT2D eigenvalue weighted by atomic mass is 10.1. The van der Waals surface area contributed by atoms with Gasteiger partial charge in [0, 0.05) is 12.8 Å². The van der Waals surface area contributed by atoms with Gasteiger partial charge in [-0.1, -0.05) is 6.92 Å². The Bertz CT molecular complexity index is 338. The predicted molar refractivity (Wildman–Crippen MR) is 67.5 cm³/mol. The van der Waals surface area contributed by atoms with Crippen molar-refractivity contribution in [3.05, 3.63) is 18.3 Å². The van der Waals surface area contributed by atoms with E-state index >= 15 is 0 Å². The Morgan fingerprint density at radius 1 is 1.59 bits per heavy atom. The second-order valence-electron chi connectivity index (χ2n) is 4.26. The van der Waals surface area contributed by atoms with Gasteiger partial charge in [0.15, 0.2) is 11.6 Å². The summed E-state index contributed by atoms with van der Waals surface area (Å²) in [6, 6.07) is 4.20. The molecule has 1 aromatic rings. The summed E-state index contributed by atoms with van der Waals surface area (Å²) >= 11 is 0. The lowest BCUT2D eigenvalue weighted by molar-refractivity contribution is 0.0874. The van der Waals surface area contributed by atoms with E-state index < -0.39 is 0 Å². The van der Waals surface area contributed by atoms with Crippen LogP contribution in [0.5, 0.6) is 5.75 Å². The standard InChI is InChI=1S/C13H20N2O2/c1-2-8-17-12-6-3-7-14-13(12)15-11-5-4-9-16-10-11/h3,6-7,11H,2,4-5,8-10H2,1H3,(H,14,15). The van der Waals surface area contributed by atoms with E-state index in [9.17, 15) is 0 Å². The molecular weight excluding hydrogens is 216 g/mol. The molecule has 2 rings (SSSR count). The van der Waals surface area contributed by atoms with Crippen molar-refractivity contribution >= 4 is 5.82 Å². The molecule has 0 aromatic carbocycles. The van der Waals surface area contributed by atoms with Crippen molar-refractivity contribution in [3.8, 4) is 5.75 Å². The number of hydrogen-bond donors (Lipinski definition) is 1. The Kier molecular flexibility index (Phi) is 4.62. The lowest BCUT2D eigenvalue weighted by Crippen LogP contribution is -2.30. The smallest absolute Gasteiger partial charge is 0.169 e. The number of anilines is 1. The lowest BCUT2D eigenvalue weighted by Gasteiger charge is -2.24. The predicted octanol–water partition coefficient (Wildman–Crippen LogP) is 2.46. The van der Waals surface area contributed by atoms with E-state index in [1.807, 2.05) is 12.1 Å². The fraction of sp³-hybridized carbons (Fsp3) is 0.615. The van der Waals surface area contributed by atoms with Crippen LogP contribution in [0.15, 0.2) is 18.3 Å². The van der Waals surface area contributed by atoms with E-state index in [2.05, 4.69) is 17.2 Å². The van der Waals surface area contributed by atoms with Gasteiger partial charge in [0.25, 0.3) is 0 Å². The van der Waals surface area contributed by atoms with Gasteiger partial charge in [-0.25, -0.2) is 4.98 Å². The van der Waals surface area contributed by atoms with E-state index in [4.69, 9.17) is 9.47 Å². The van der Waals surface area contributed by atoms with Crippen LogP contribution in [0.2, 0.25) is 0 Å². The van der Waals surface area contributed by atoms with Crippen LogP contribution in [0.25, 0.3) is 0 Å². The minimum atomic E-state index is 0.350. The number of ether oxygens (including phenoxy) is 2. The molecule has 1 atom stereocenters. The molecule has 17 heavy (non-hydrogen) atoms. The maximum Gasteiger partial charge on any atom is 0.169 e. The molecule has 1 saturated heterocycles. The first kappa shape index (κ1) is 12.2. The number of pyridine rings is 1. The van der Waals surface area contributed by atoms with Crippen LogP contribution in [-0.2, 0) is 4.74 Å². The van der Waals surface area contributed by atoms with Crippen molar-refractivity contribution in [2.45, 2.75) is 32.2 Å². The van der Waals surface area contributed by atoms with E-state index in [1.54, 1.807) is 6.20 Å². The van der Waals surface area contributed by atoms with Gasteiger partial charge in [-0.15, -0.1) is 0 Å². The van der Waals surface area contributed by atoms with E-state index in [0.717, 1.165) is 50.7 Å². The topological polar surface area (TPSA) is 43.4 Å². The third-order valence-electron chi connectivity index (χ3n) is 2.73. The summed E-state index contributed by atoms with van der Waals surface area (Å²) in [5, 5.41) is 3.40. The van der Waals surface area contributed by atoms with Gasteiger partial charge in [-0.05, 0) is 31.4 Å². The van der Waals surface area contributed by atoms with E-state index in [1.165, 1.54) is 0 Å². The number of aromatic nitrogens is 1. The Hall–Kier alpha value is -1.29. The zero-order chi connectivity index (χ0) is 11.9. The van der Waals surface area contributed by atoms with Gasteiger partial charge in [-0.2, -0.15) is 0 Å². The zero-order valence-electron chi connectivity index (χ0n) is 10.3. The molecule has 1 N–H and O–H groups in total. The Morgan fingerprint density at radius 3 is 3.29 bits per heavy atom. The van der Waals surface area contributed by atoms with Crippen LogP contribution in [0.4, 0.5) is 5.82 Å². The van der Waals surface area contributed by atoms with Crippen molar-refractivity contribution in [3.63, 3.8) is 0 Å². The van der Waals surface area contributed by atoms with Gasteiger partial charge in [0.05, 0.1) is 19.3 Å². The molecule has 0 spiro atoms. The number of nitrogens with one attached hydrogen (secondary N) is 1. The maximum atomic E-state index is 5.66. The molecule has 0 radical (unpaired) electrons. The van der Waals surface area contributed by atoms with Crippen LogP contribution in [0, 0.1) is 0 Å². The summed E-state index contributed by atoms with van der Waals surface area (Å²) in [5.41, 5.74) is 0. The van der Waals surface area contributed by atoms with Crippen LogP contribution in [0.3, 0.4) is 0 Å². The van der Waals surface area contributed by atoms with Crippen molar-refractivity contribution in [1.29, 1.82) is 0 Å². The van der Waals surface area contributed by atoms with Gasteiger partial charge in [0.1, 0.15) is 0 Å². The highest BCUT2D eigenvalue weighted by Gasteiger charge is 2.15. The van der Waals surface area contributed by atoms with Crippen LogP contribution in [0.1, 0.15) is 26.2 Å². The molecule has 4 heteroatoms. The molecule has 0 bridgehead atoms. The highest BCUT2D eigenvalue weighted by molar-refractivity contribution is 5.50. The number of nitrogens with zero attached hydrogens (tertiary/aromatic N) is 1. The first-order chi connectivity index (χ1) is 8.40. The Balaban J connectivity index is 1.98. The molecule has 0 aliphatic carbocycles. The second kappa shape index (κ2) is 6.45. The fourth-order valence-corrected chi connectivity index (χ4v) is 1.88. The minimum absolute atomic E-state index is 0.350. The van der Waals surface area contributed by atoms with Gasteiger partial charge in [-0.3, -0.25) is 0 Å². The van der Waals surface area contributed by atoms with Crippen molar-refractivity contribution in [1.82, 2.24) is 4.98 Å². The molecular formula is C13H20N2O2. The summed E-state index contributed by atoms with van der Waals surface area (Å²) in [6.45, 7) is 4.45. The summed E-state index contributed by atoms with van der Waals surface area (Å²) in [6.07, 6.45) is 5.02. The van der Waals surface area contributed by atoms with Gasteiger partial charge >= 0.3 is 0 Å². The molecule has 1 aliphatic heterocycles. The molecule has 0 saturated carbocycles. The quantitative estimate of drug-likeness (QED) is 0.853. The summed E-state index contributed by atoms with van der Waals surface area (Å²) in [5.74, 6) is 1.66. The van der Waals surface area contributed by atoms with E-state index in [-0.39, 0.29) is 0 Å². The van der Waals surface area contributed by atoms with Crippen LogP contribution < -0.4 is 10.1 Å². The first-order valence-electron chi connectivity index (χ1n) is 6.32. The highest BCUT2D eigenvalue weighted by Crippen LogP contribution is 2.23. The molecule has 94 valence electrons. The van der Waals surface area contributed by atoms with E-state index in [0.29, 0.717) is 6.04 Å². The van der Waals surface area contributed by atoms with Crippen molar-refractivity contribution < 1.29 is 9.47 Å². The summed E-state index contributed by atoms with van der Waals surface area (Å²) in [7, 11) is 0. The van der Waals surface area contributed by atoms with Gasteiger partial charge < -0.3 is 14.8 Å². The van der Waals surface area contributed by atoms with Crippen LogP contribution >= 0.6 is 0 Å².